The zero-order valence-corrected chi connectivity index (χ0v) is 10.6. The smallest absolute Gasteiger partial charge is 0.314 e. The van der Waals surface area contributed by atoms with Gasteiger partial charge >= 0.3 is 5.97 Å². The molecule has 0 spiro atoms. The van der Waals surface area contributed by atoms with Gasteiger partial charge in [0.05, 0.1) is 13.0 Å². The molecule has 0 fully saturated rings. The first-order chi connectivity index (χ1) is 8.11. The standard InChI is InChI=1S/C14H19NO2/c1-5-6-7-8-12-9-10-13(15(12)3)11(2)14(16)17-4/h5-8,10-11H,1,9H2,2-4H3/b7-6-,12-8+. The molecule has 0 aliphatic carbocycles. The molecular formula is C14H19NO2. The zero-order valence-electron chi connectivity index (χ0n) is 10.6. The molecule has 0 saturated heterocycles. The van der Waals surface area contributed by atoms with Gasteiger partial charge in [-0.1, -0.05) is 30.9 Å². The lowest BCUT2D eigenvalue weighted by Gasteiger charge is -2.22. The molecule has 3 heteroatoms. The van der Waals surface area contributed by atoms with Crippen molar-refractivity contribution >= 4 is 5.97 Å². The summed E-state index contributed by atoms with van der Waals surface area (Å²) in [5.41, 5.74) is 2.16. The van der Waals surface area contributed by atoms with E-state index in [1.807, 2.05) is 37.1 Å². The van der Waals surface area contributed by atoms with E-state index in [1.165, 1.54) is 7.11 Å². The van der Waals surface area contributed by atoms with Crippen molar-refractivity contribution in [1.82, 2.24) is 4.90 Å². The zero-order chi connectivity index (χ0) is 12.8. The summed E-state index contributed by atoms with van der Waals surface area (Å²) >= 11 is 0. The Labute approximate surface area is 103 Å². The molecule has 0 aromatic carbocycles. The number of carbonyl (C=O) groups is 1. The Morgan fingerprint density at radius 2 is 2.29 bits per heavy atom. The number of methoxy groups -OCH3 is 1. The van der Waals surface area contributed by atoms with Crippen LogP contribution in [0.15, 0.2) is 48.4 Å². The van der Waals surface area contributed by atoms with Crippen LogP contribution in [0, 0.1) is 5.92 Å². The van der Waals surface area contributed by atoms with Crippen LogP contribution in [0.25, 0.3) is 0 Å². The quantitative estimate of drug-likeness (QED) is 0.552. The topological polar surface area (TPSA) is 29.5 Å². The minimum Gasteiger partial charge on any atom is -0.469 e. The lowest BCUT2D eigenvalue weighted by molar-refractivity contribution is -0.143. The van der Waals surface area contributed by atoms with Gasteiger partial charge in [0.1, 0.15) is 0 Å². The maximum atomic E-state index is 11.5. The lowest BCUT2D eigenvalue weighted by atomic mass is 10.1. The fraction of sp³-hybridized carbons (Fsp3) is 0.357. The Balaban J connectivity index is 2.75. The van der Waals surface area contributed by atoms with Gasteiger partial charge in [-0.25, -0.2) is 0 Å². The SMILES string of the molecule is C=C/C=C\C=C1/CC=C(C(C)C(=O)OC)N1C. The molecule has 1 heterocycles. The van der Waals surface area contributed by atoms with E-state index in [-0.39, 0.29) is 11.9 Å². The van der Waals surface area contributed by atoms with Crippen LogP contribution in [0.5, 0.6) is 0 Å². The van der Waals surface area contributed by atoms with E-state index in [0.717, 1.165) is 17.8 Å². The van der Waals surface area contributed by atoms with Gasteiger partial charge in [0.2, 0.25) is 0 Å². The Bertz CT molecular complexity index is 391. The van der Waals surface area contributed by atoms with Crippen LogP contribution in [0.1, 0.15) is 13.3 Å². The van der Waals surface area contributed by atoms with Crippen LogP contribution in [0.3, 0.4) is 0 Å². The van der Waals surface area contributed by atoms with Crippen molar-refractivity contribution in [3.05, 3.63) is 48.4 Å². The average molecular weight is 233 g/mol. The van der Waals surface area contributed by atoms with E-state index in [2.05, 4.69) is 12.7 Å². The van der Waals surface area contributed by atoms with Crippen LogP contribution in [-0.2, 0) is 9.53 Å². The Morgan fingerprint density at radius 1 is 1.59 bits per heavy atom. The molecule has 1 atom stereocenters. The summed E-state index contributed by atoms with van der Waals surface area (Å²) in [5.74, 6) is -0.426. The van der Waals surface area contributed by atoms with E-state index in [9.17, 15) is 4.79 Å². The highest BCUT2D eigenvalue weighted by Gasteiger charge is 2.26. The van der Waals surface area contributed by atoms with Gasteiger partial charge in [-0.3, -0.25) is 4.79 Å². The molecule has 1 unspecified atom stereocenters. The van der Waals surface area contributed by atoms with Gasteiger partial charge in [0.15, 0.2) is 0 Å². The van der Waals surface area contributed by atoms with Crippen molar-refractivity contribution in [2.45, 2.75) is 13.3 Å². The summed E-state index contributed by atoms with van der Waals surface area (Å²) < 4.78 is 4.75. The fourth-order valence-electron chi connectivity index (χ4n) is 1.84. The number of nitrogens with zero attached hydrogens (tertiary/aromatic N) is 1. The number of carbonyl (C=O) groups excluding carboxylic acids is 1. The number of rotatable bonds is 4. The highest BCUT2D eigenvalue weighted by atomic mass is 16.5. The molecule has 0 N–H and O–H groups in total. The molecule has 1 aliphatic rings. The van der Waals surface area contributed by atoms with Crippen LogP contribution < -0.4 is 0 Å². The minimum absolute atomic E-state index is 0.203. The van der Waals surface area contributed by atoms with Crippen molar-refractivity contribution in [3.8, 4) is 0 Å². The third kappa shape index (κ3) is 3.09. The molecule has 0 radical (unpaired) electrons. The van der Waals surface area contributed by atoms with Crippen LogP contribution in [0.2, 0.25) is 0 Å². The van der Waals surface area contributed by atoms with Crippen LogP contribution in [0.4, 0.5) is 0 Å². The van der Waals surface area contributed by atoms with Crippen molar-refractivity contribution in [2.24, 2.45) is 5.92 Å². The summed E-state index contributed by atoms with van der Waals surface area (Å²) in [7, 11) is 3.38. The predicted octanol–water partition coefficient (Wildman–Crippen LogP) is 2.64. The molecule has 0 saturated carbocycles. The van der Waals surface area contributed by atoms with Gasteiger partial charge in [-0.2, -0.15) is 0 Å². The minimum atomic E-state index is -0.223. The molecule has 0 aromatic rings. The van der Waals surface area contributed by atoms with Gasteiger partial charge < -0.3 is 9.64 Å². The maximum Gasteiger partial charge on any atom is 0.314 e. The highest BCUT2D eigenvalue weighted by Crippen LogP contribution is 2.29. The highest BCUT2D eigenvalue weighted by molar-refractivity contribution is 5.75. The number of ether oxygens (including phenoxy) is 1. The second kappa shape index (κ2) is 6.09. The molecule has 17 heavy (non-hydrogen) atoms. The van der Waals surface area contributed by atoms with Crippen LogP contribution in [-0.4, -0.2) is 25.0 Å². The van der Waals surface area contributed by atoms with E-state index < -0.39 is 0 Å². The van der Waals surface area contributed by atoms with Gasteiger partial charge in [0.25, 0.3) is 0 Å². The average Bonchev–Trinajstić information content (AvgIpc) is 2.69. The van der Waals surface area contributed by atoms with Gasteiger partial charge in [-0.05, 0) is 13.0 Å². The molecule has 3 nitrogen and oxygen atoms in total. The second-order valence-corrected chi connectivity index (χ2v) is 3.92. The largest absolute Gasteiger partial charge is 0.469 e. The summed E-state index contributed by atoms with van der Waals surface area (Å²) in [5, 5.41) is 0. The number of hydrogen-bond donors (Lipinski definition) is 0. The van der Waals surface area contributed by atoms with Crippen molar-refractivity contribution in [3.63, 3.8) is 0 Å². The molecule has 1 aliphatic heterocycles. The Kier molecular flexibility index (Phi) is 4.76. The Morgan fingerprint density at radius 3 is 2.88 bits per heavy atom. The predicted molar refractivity (Wildman–Crippen MR) is 69.1 cm³/mol. The number of esters is 1. The summed E-state index contributed by atoms with van der Waals surface area (Å²) in [6.45, 7) is 5.48. The molecular weight excluding hydrogens is 214 g/mol. The summed E-state index contributed by atoms with van der Waals surface area (Å²) in [6, 6.07) is 0. The fourth-order valence-corrected chi connectivity index (χ4v) is 1.84. The van der Waals surface area contributed by atoms with E-state index >= 15 is 0 Å². The third-order valence-corrected chi connectivity index (χ3v) is 2.87. The molecule has 92 valence electrons. The van der Waals surface area contributed by atoms with E-state index in [0.29, 0.717) is 0 Å². The Hall–Kier alpha value is -1.77. The first-order valence-electron chi connectivity index (χ1n) is 5.61. The normalized spacial score (nSPS) is 19.6. The van der Waals surface area contributed by atoms with Crippen LogP contribution >= 0.6 is 0 Å². The number of allylic oxidation sites excluding steroid dienone is 5. The number of hydrogen-bond acceptors (Lipinski definition) is 3. The first kappa shape index (κ1) is 13.3. The molecule has 0 aromatic heterocycles. The van der Waals surface area contributed by atoms with Crippen molar-refractivity contribution in [1.29, 1.82) is 0 Å². The third-order valence-electron chi connectivity index (χ3n) is 2.87. The summed E-state index contributed by atoms with van der Waals surface area (Å²) in [6.07, 6.45) is 10.5. The monoisotopic (exact) mass is 233 g/mol. The van der Waals surface area contributed by atoms with Gasteiger partial charge in [0, 0.05) is 24.9 Å². The van der Waals surface area contributed by atoms with Crippen molar-refractivity contribution in [2.75, 3.05) is 14.2 Å². The first-order valence-corrected chi connectivity index (χ1v) is 5.61. The lowest BCUT2D eigenvalue weighted by Crippen LogP contribution is -2.23. The van der Waals surface area contributed by atoms with E-state index in [1.54, 1.807) is 6.08 Å². The molecule has 1 rings (SSSR count). The van der Waals surface area contributed by atoms with E-state index in [4.69, 9.17) is 4.74 Å². The van der Waals surface area contributed by atoms with Gasteiger partial charge in [-0.15, -0.1) is 0 Å². The van der Waals surface area contributed by atoms with Crippen molar-refractivity contribution < 1.29 is 9.53 Å². The molecule has 0 amide bonds. The second-order valence-electron chi connectivity index (χ2n) is 3.92. The molecule has 0 bridgehead atoms. The summed E-state index contributed by atoms with van der Waals surface area (Å²) in [4.78, 5) is 13.5. The maximum absolute atomic E-state index is 11.5.